The molecule has 1 aromatic rings. The summed E-state index contributed by atoms with van der Waals surface area (Å²) in [6.07, 6.45) is 3.70. The van der Waals surface area contributed by atoms with Crippen molar-refractivity contribution in [2.24, 2.45) is 0 Å². The van der Waals surface area contributed by atoms with Crippen molar-refractivity contribution in [2.75, 3.05) is 19.7 Å². The van der Waals surface area contributed by atoms with Gasteiger partial charge in [-0.15, -0.1) is 12.4 Å². The molecule has 1 aromatic carbocycles. The molecule has 2 fully saturated rings. The Labute approximate surface area is 128 Å². The fraction of sp³-hybridized carbons (Fsp3) is 0.571. The molecule has 2 aliphatic rings. The van der Waals surface area contributed by atoms with E-state index >= 15 is 0 Å². The van der Waals surface area contributed by atoms with Crippen LogP contribution in [0.5, 0.6) is 0 Å². The Morgan fingerprint density at radius 3 is 2.74 bits per heavy atom. The fourth-order valence-corrected chi connectivity index (χ4v) is 3.16. The number of fused-ring (bicyclic) bond motifs is 1. The van der Waals surface area contributed by atoms with Gasteiger partial charge in [0.2, 0.25) is 5.79 Å². The van der Waals surface area contributed by atoms with Crippen LogP contribution in [0.2, 0.25) is 0 Å². The minimum Gasteiger partial charge on any atom is -0.361 e. The van der Waals surface area contributed by atoms with Gasteiger partial charge in [-0.25, -0.2) is 0 Å². The smallest absolute Gasteiger partial charge is 0.205 e. The zero-order chi connectivity index (χ0) is 12.6. The van der Waals surface area contributed by atoms with E-state index in [0.717, 1.165) is 16.6 Å². The maximum atomic E-state index is 10.7. The molecular weight excluding hydrogens is 330 g/mol. The van der Waals surface area contributed by atoms with E-state index in [4.69, 9.17) is 4.74 Å². The predicted octanol–water partition coefficient (Wildman–Crippen LogP) is 2.90. The van der Waals surface area contributed by atoms with Crippen LogP contribution in [-0.2, 0) is 10.5 Å². The number of ether oxygens (including phenoxy) is 1. The predicted molar refractivity (Wildman–Crippen MR) is 80.5 cm³/mol. The van der Waals surface area contributed by atoms with E-state index in [2.05, 4.69) is 20.8 Å². The third-order valence-electron chi connectivity index (χ3n) is 3.98. The highest BCUT2D eigenvalue weighted by atomic mass is 79.9. The van der Waals surface area contributed by atoms with Crippen LogP contribution in [0.1, 0.15) is 24.8 Å². The van der Waals surface area contributed by atoms with Crippen LogP contribution in [0, 0.1) is 0 Å². The molecular formula is C14H19BrClNO2. The quantitative estimate of drug-likeness (QED) is 0.847. The van der Waals surface area contributed by atoms with E-state index in [9.17, 15) is 5.11 Å². The number of aliphatic hydroxyl groups is 1. The maximum absolute atomic E-state index is 10.7. The number of morpholine rings is 1. The number of halogens is 2. The molecule has 0 aliphatic carbocycles. The second kappa shape index (κ2) is 6.10. The lowest BCUT2D eigenvalue weighted by Crippen LogP contribution is -2.56. The Morgan fingerprint density at radius 2 is 2.00 bits per heavy atom. The van der Waals surface area contributed by atoms with Crippen LogP contribution in [0.3, 0.4) is 0 Å². The van der Waals surface area contributed by atoms with Crippen molar-refractivity contribution in [3.63, 3.8) is 0 Å². The standard InChI is InChI=1S/C14H18BrNO2.ClH/c15-12-6-4-11(5-7-12)14(17)10-16-8-2-1-3-13(16)9-18-14;/h4-7,13,17H,1-3,8-10H2;1H. The minimum absolute atomic E-state index is 0. The van der Waals surface area contributed by atoms with Gasteiger partial charge in [0.15, 0.2) is 0 Å². The van der Waals surface area contributed by atoms with Gasteiger partial charge in [0.25, 0.3) is 0 Å². The largest absolute Gasteiger partial charge is 0.361 e. The minimum atomic E-state index is -1.14. The van der Waals surface area contributed by atoms with Gasteiger partial charge in [0.05, 0.1) is 13.2 Å². The molecule has 0 saturated carbocycles. The van der Waals surface area contributed by atoms with Crippen LogP contribution < -0.4 is 0 Å². The first-order valence-electron chi connectivity index (χ1n) is 6.54. The lowest BCUT2D eigenvalue weighted by Gasteiger charge is -2.46. The molecule has 2 atom stereocenters. The summed E-state index contributed by atoms with van der Waals surface area (Å²) >= 11 is 3.41. The molecule has 3 rings (SSSR count). The summed E-state index contributed by atoms with van der Waals surface area (Å²) in [5, 5.41) is 10.7. The Kier molecular flexibility index (Phi) is 4.90. The summed E-state index contributed by atoms with van der Waals surface area (Å²) in [5.74, 6) is -1.14. The molecule has 0 aromatic heterocycles. The number of hydrogen-bond donors (Lipinski definition) is 1. The molecule has 2 heterocycles. The molecule has 0 bridgehead atoms. The second-order valence-electron chi connectivity index (χ2n) is 5.22. The summed E-state index contributed by atoms with van der Waals surface area (Å²) in [5.41, 5.74) is 0.842. The summed E-state index contributed by atoms with van der Waals surface area (Å²) in [7, 11) is 0. The number of benzene rings is 1. The first kappa shape index (κ1) is 15.3. The summed E-state index contributed by atoms with van der Waals surface area (Å²) in [4.78, 5) is 2.37. The highest BCUT2D eigenvalue weighted by molar-refractivity contribution is 9.10. The summed E-state index contributed by atoms with van der Waals surface area (Å²) in [6.45, 7) is 2.29. The van der Waals surface area contributed by atoms with E-state index in [1.165, 1.54) is 19.3 Å². The molecule has 1 N–H and O–H groups in total. The first-order valence-corrected chi connectivity index (χ1v) is 7.33. The van der Waals surface area contributed by atoms with E-state index in [0.29, 0.717) is 19.2 Å². The molecule has 0 spiro atoms. The fourth-order valence-electron chi connectivity index (χ4n) is 2.90. The van der Waals surface area contributed by atoms with Gasteiger partial charge in [-0.3, -0.25) is 4.90 Å². The van der Waals surface area contributed by atoms with E-state index in [-0.39, 0.29) is 12.4 Å². The van der Waals surface area contributed by atoms with Gasteiger partial charge < -0.3 is 9.84 Å². The van der Waals surface area contributed by atoms with Crippen molar-refractivity contribution < 1.29 is 9.84 Å². The van der Waals surface area contributed by atoms with Crippen LogP contribution in [0.25, 0.3) is 0 Å². The summed E-state index contributed by atoms with van der Waals surface area (Å²) < 4.78 is 6.77. The molecule has 19 heavy (non-hydrogen) atoms. The van der Waals surface area contributed by atoms with Gasteiger partial charge >= 0.3 is 0 Å². The average Bonchev–Trinajstić information content (AvgIpc) is 2.39. The zero-order valence-electron chi connectivity index (χ0n) is 10.7. The first-order chi connectivity index (χ1) is 8.67. The third kappa shape index (κ3) is 3.14. The molecule has 5 heteroatoms. The number of hydrogen-bond acceptors (Lipinski definition) is 3. The van der Waals surface area contributed by atoms with Gasteiger partial charge in [-0.2, -0.15) is 0 Å². The van der Waals surface area contributed by atoms with Crippen molar-refractivity contribution in [3.8, 4) is 0 Å². The highest BCUT2D eigenvalue weighted by Gasteiger charge is 2.41. The number of rotatable bonds is 1. The monoisotopic (exact) mass is 347 g/mol. The molecule has 3 nitrogen and oxygen atoms in total. The van der Waals surface area contributed by atoms with Crippen molar-refractivity contribution >= 4 is 28.3 Å². The zero-order valence-corrected chi connectivity index (χ0v) is 13.1. The number of nitrogens with zero attached hydrogens (tertiary/aromatic N) is 1. The SMILES string of the molecule is Cl.OC1(c2ccc(Br)cc2)CN2CCCCC2CO1. The average molecular weight is 349 g/mol. The van der Waals surface area contributed by atoms with Crippen LogP contribution in [0.4, 0.5) is 0 Å². The van der Waals surface area contributed by atoms with E-state index < -0.39 is 5.79 Å². The Bertz CT molecular complexity index is 428. The lowest BCUT2D eigenvalue weighted by molar-refractivity contribution is -0.264. The topological polar surface area (TPSA) is 32.7 Å². The molecule has 106 valence electrons. The van der Waals surface area contributed by atoms with Gasteiger partial charge in [-0.1, -0.05) is 34.5 Å². The van der Waals surface area contributed by atoms with Crippen molar-refractivity contribution in [1.29, 1.82) is 0 Å². The lowest BCUT2D eigenvalue weighted by atomic mass is 9.96. The molecule has 2 aliphatic heterocycles. The molecule has 0 amide bonds. The van der Waals surface area contributed by atoms with Gasteiger partial charge in [0, 0.05) is 16.1 Å². The van der Waals surface area contributed by atoms with Crippen molar-refractivity contribution in [3.05, 3.63) is 34.3 Å². The Morgan fingerprint density at radius 1 is 1.26 bits per heavy atom. The second-order valence-corrected chi connectivity index (χ2v) is 6.14. The normalized spacial score (nSPS) is 31.4. The van der Waals surface area contributed by atoms with Crippen molar-refractivity contribution in [2.45, 2.75) is 31.1 Å². The Balaban J connectivity index is 0.00000133. The van der Waals surface area contributed by atoms with Gasteiger partial charge in [0.1, 0.15) is 0 Å². The maximum Gasteiger partial charge on any atom is 0.205 e. The van der Waals surface area contributed by atoms with Crippen LogP contribution >= 0.6 is 28.3 Å². The van der Waals surface area contributed by atoms with Crippen LogP contribution in [0.15, 0.2) is 28.7 Å². The van der Waals surface area contributed by atoms with E-state index in [1.54, 1.807) is 0 Å². The van der Waals surface area contributed by atoms with Crippen molar-refractivity contribution in [1.82, 2.24) is 4.90 Å². The Hall–Kier alpha value is -0.130. The van der Waals surface area contributed by atoms with E-state index in [1.807, 2.05) is 24.3 Å². The van der Waals surface area contributed by atoms with Crippen LogP contribution in [-0.4, -0.2) is 35.7 Å². The highest BCUT2D eigenvalue weighted by Crippen LogP contribution is 2.33. The summed E-state index contributed by atoms with van der Waals surface area (Å²) in [6, 6.07) is 8.23. The molecule has 0 radical (unpaired) electrons. The molecule has 2 unspecified atom stereocenters. The third-order valence-corrected chi connectivity index (χ3v) is 4.50. The van der Waals surface area contributed by atoms with Gasteiger partial charge in [-0.05, 0) is 31.5 Å². The molecule has 2 saturated heterocycles. The number of piperidine rings is 1.